The van der Waals surface area contributed by atoms with Crippen LogP contribution >= 0.6 is 15.9 Å². The number of aryl methyl sites for hydroxylation is 1. The second-order valence-corrected chi connectivity index (χ2v) is 4.31. The van der Waals surface area contributed by atoms with Crippen molar-refractivity contribution in [1.29, 1.82) is 0 Å². The second kappa shape index (κ2) is 4.73. The zero-order valence-corrected chi connectivity index (χ0v) is 10.3. The van der Waals surface area contributed by atoms with Crippen LogP contribution in [0, 0.1) is 0 Å². The highest BCUT2D eigenvalue weighted by molar-refractivity contribution is 9.10. The minimum absolute atomic E-state index is 0.201. The molecule has 0 amide bonds. The van der Waals surface area contributed by atoms with Crippen molar-refractivity contribution < 1.29 is 0 Å². The lowest BCUT2D eigenvalue weighted by Crippen LogP contribution is -2.31. The number of rotatable bonds is 3. The fraction of sp³-hybridized carbons (Fsp3) is 0.200. The van der Waals surface area contributed by atoms with Crippen molar-refractivity contribution in [2.24, 2.45) is 12.9 Å². The highest BCUT2D eigenvalue weighted by atomic mass is 79.9. The summed E-state index contributed by atoms with van der Waals surface area (Å²) >= 11 is 3.34. The molecular weight excluding hydrogens is 270 g/mol. The summed E-state index contributed by atoms with van der Waals surface area (Å²) in [4.78, 5) is 8.56. The van der Waals surface area contributed by atoms with Gasteiger partial charge in [0, 0.05) is 30.1 Å². The van der Waals surface area contributed by atoms with Gasteiger partial charge in [0.1, 0.15) is 11.9 Å². The number of aromatic nitrogens is 3. The summed E-state index contributed by atoms with van der Waals surface area (Å²) in [6.07, 6.45) is 5.35. The molecule has 0 saturated heterocycles. The monoisotopic (exact) mass is 281 g/mol. The lowest BCUT2D eigenvalue weighted by molar-refractivity contribution is 0.567. The van der Waals surface area contributed by atoms with E-state index < -0.39 is 0 Å². The molecule has 16 heavy (non-hydrogen) atoms. The van der Waals surface area contributed by atoms with Gasteiger partial charge in [-0.1, -0.05) is 0 Å². The zero-order chi connectivity index (χ0) is 11.5. The topological polar surface area (TPSA) is 68.8 Å². The summed E-state index contributed by atoms with van der Waals surface area (Å²) in [5.41, 5.74) is 3.55. The van der Waals surface area contributed by atoms with Crippen LogP contribution in [0.5, 0.6) is 0 Å². The molecule has 2 aromatic rings. The molecule has 3 N–H and O–H groups in total. The van der Waals surface area contributed by atoms with Crippen molar-refractivity contribution >= 4 is 15.9 Å². The number of pyridine rings is 1. The van der Waals surface area contributed by atoms with E-state index in [1.807, 2.05) is 29.9 Å². The van der Waals surface area contributed by atoms with Gasteiger partial charge < -0.3 is 4.57 Å². The number of hydrazine groups is 1. The van der Waals surface area contributed by atoms with E-state index in [1.165, 1.54) is 0 Å². The predicted octanol–water partition coefficient (Wildman–Crippen LogP) is 1.13. The molecule has 2 heterocycles. The van der Waals surface area contributed by atoms with E-state index in [0.717, 1.165) is 16.0 Å². The van der Waals surface area contributed by atoms with E-state index in [9.17, 15) is 0 Å². The van der Waals surface area contributed by atoms with E-state index in [4.69, 9.17) is 5.84 Å². The molecular formula is C10H12BrN5. The SMILES string of the molecule is Cn1ccnc1C(NN)c1ccc(Br)cn1. The van der Waals surface area contributed by atoms with Crippen LogP contribution in [0.25, 0.3) is 0 Å². The maximum absolute atomic E-state index is 5.55. The van der Waals surface area contributed by atoms with E-state index in [2.05, 4.69) is 31.3 Å². The average molecular weight is 282 g/mol. The van der Waals surface area contributed by atoms with Crippen LogP contribution in [0.3, 0.4) is 0 Å². The third-order valence-corrected chi connectivity index (χ3v) is 2.80. The smallest absolute Gasteiger partial charge is 0.133 e. The lowest BCUT2D eigenvalue weighted by Gasteiger charge is -2.14. The van der Waals surface area contributed by atoms with Gasteiger partial charge in [-0.2, -0.15) is 0 Å². The van der Waals surface area contributed by atoms with Crippen LogP contribution in [0.15, 0.2) is 35.2 Å². The van der Waals surface area contributed by atoms with Gasteiger partial charge in [-0.15, -0.1) is 0 Å². The Bertz CT molecular complexity index is 464. The molecule has 5 nitrogen and oxygen atoms in total. The summed E-state index contributed by atoms with van der Waals surface area (Å²) in [5.74, 6) is 6.38. The van der Waals surface area contributed by atoms with Crippen LogP contribution in [0.2, 0.25) is 0 Å². The summed E-state index contributed by atoms with van der Waals surface area (Å²) in [5, 5.41) is 0. The van der Waals surface area contributed by atoms with Crippen LogP contribution < -0.4 is 11.3 Å². The van der Waals surface area contributed by atoms with Crippen LogP contribution in [-0.2, 0) is 7.05 Å². The molecule has 0 aliphatic rings. The highest BCUT2D eigenvalue weighted by Crippen LogP contribution is 2.18. The van der Waals surface area contributed by atoms with Crippen molar-refractivity contribution in [3.8, 4) is 0 Å². The Labute approximate surface area is 102 Å². The van der Waals surface area contributed by atoms with Crippen LogP contribution in [-0.4, -0.2) is 14.5 Å². The van der Waals surface area contributed by atoms with E-state index in [-0.39, 0.29) is 6.04 Å². The summed E-state index contributed by atoms with van der Waals surface area (Å²) in [6, 6.07) is 3.63. The van der Waals surface area contributed by atoms with Gasteiger partial charge in [-0.25, -0.2) is 10.4 Å². The number of nitrogens with one attached hydrogen (secondary N) is 1. The largest absolute Gasteiger partial charge is 0.336 e. The number of hydrogen-bond donors (Lipinski definition) is 2. The molecule has 0 bridgehead atoms. The molecule has 0 spiro atoms. The molecule has 2 aromatic heterocycles. The first kappa shape index (κ1) is 11.3. The Hall–Kier alpha value is -1.24. The minimum atomic E-state index is -0.201. The average Bonchev–Trinajstić information content (AvgIpc) is 2.69. The predicted molar refractivity (Wildman–Crippen MR) is 64.3 cm³/mol. The number of halogens is 1. The van der Waals surface area contributed by atoms with Crippen LogP contribution in [0.4, 0.5) is 0 Å². The van der Waals surface area contributed by atoms with Gasteiger partial charge >= 0.3 is 0 Å². The Morgan fingerprint density at radius 3 is 2.75 bits per heavy atom. The van der Waals surface area contributed by atoms with Gasteiger partial charge in [-0.05, 0) is 28.1 Å². The van der Waals surface area contributed by atoms with Gasteiger partial charge in [0.25, 0.3) is 0 Å². The summed E-state index contributed by atoms with van der Waals surface area (Å²) in [7, 11) is 1.92. The molecule has 0 radical (unpaired) electrons. The van der Waals surface area contributed by atoms with Crippen molar-refractivity contribution in [1.82, 2.24) is 20.0 Å². The quantitative estimate of drug-likeness (QED) is 0.654. The van der Waals surface area contributed by atoms with E-state index in [1.54, 1.807) is 12.4 Å². The summed E-state index contributed by atoms with van der Waals surface area (Å²) in [6.45, 7) is 0. The molecule has 0 fully saturated rings. The second-order valence-electron chi connectivity index (χ2n) is 3.40. The highest BCUT2D eigenvalue weighted by Gasteiger charge is 2.17. The molecule has 84 valence electrons. The molecule has 2 rings (SSSR count). The molecule has 1 unspecified atom stereocenters. The number of imidazole rings is 1. The Morgan fingerprint density at radius 1 is 1.44 bits per heavy atom. The zero-order valence-electron chi connectivity index (χ0n) is 8.76. The van der Waals surface area contributed by atoms with Crippen molar-refractivity contribution in [3.63, 3.8) is 0 Å². The standard InChI is InChI=1S/C10H12BrN5/c1-16-5-4-13-10(16)9(15-12)8-3-2-7(11)6-14-8/h2-6,9,15H,12H2,1H3. The Balaban J connectivity index is 2.37. The first-order chi connectivity index (χ1) is 7.72. The third kappa shape index (κ3) is 2.13. The van der Waals surface area contributed by atoms with E-state index in [0.29, 0.717) is 0 Å². The van der Waals surface area contributed by atoms with E-state index >= 15 is 0 Å². The number of hydrogen-bond acceptors (Lipinski definition) is 4. The van der Waals surface area contributed by atoms with Crippen molar-refractivity contribution in [2.45, 2.75) is 6.04 Å². The van der Waals surface area contributed by atoms with Gasteiger partial charge in [0.05, 0.1) is 5.69 Å². The lowest BCUT2D eigenvalue weighted by atomic mass is 10.2. The molecule has 0 aliphatic heterocycles. The maximum Gasteiger partial charge on any atom is 0.133 e. The van der Waals surface area contributed by atoms with Crippen LogP contribution in [0.1, 0.15) is 17.6 Å². The van der Waals surface area contributed by atoms with Crippen molar-refractivity contribution in [3.05, 3.63) is 46.7 Å². The Morgan fingerprint density at radius 2 is 2.25 bits per heavy atom. The van der Waals surface area contributed by atoms with Crippen molar-refractivity contribution in [2.75, 3.05) is 0 Å². The third-order valence-electron chi connectivity index (χ3n) is 2.33. The normalized spacial score (nSPS) is 12.7. The Kier molecular flexibility index (Phi) is 3.33. The minimum Gasteiger partial charge on any atom is -0.336 e. The molecule has 6 heteroatoms. The number of nitrogens with zero attached hydrogens (tertiary/aromatic N) is 3. The van der Waals surface area contributed by atoms with Gasteiger partial charge in [-0.3, -0.25) is 10.8 Å². The molecule has 0 saturated carbocycles. The maximum atomic E-state index is 5.55. The molecule has 0 aliphatic carbocycles. The van der Waals surface area contributed by atoms with Gasteiger partial charge in [0.2, 0.25) is 0 Å². The number of nitrogens with two attached hydrogens (primary N) is 1. The summed E-state index contributed by atoms with van der Waals surface area (Å²) < 4.78 is 2.85. The molecule has 1 atom stereocenters. The fourth-order valence-electron chi connectivity index (χ4n) is 1.51. The first-order valence-corrected chi connectivity index (χ1v) is 5.56. The van der Waals surface area contributed by atoms with Gasteiger partial charge in [0.15, 0.2) is 0 Å². The first-order valence-electron chi connectivity index (χ1n) is 4.77. The molecule has 0 aromatic carbocycles. The fourth-order valence-corrected chi connectivity index (χ4v) is 1.74.